The smallest absolute Gasteiger partial charge is 0.223 e. The minimum atomic E-state index is -0.0943. The Kier molecular flexibility index (Phi) is 7.50. The van der Waals surface area contributed by atoms with E-state index in [2.05, 4.69) is 5.32 Å². The van der Waals surface area contributed by atoms with Gasteiger partial charge in [-0.15, -0.1) is 0 Å². The first-order valence-electron chi connectivity index (χ1n) is 7.32. The van der Waals surface area contributed by atoms with Crippen molar-refractivity contribution in [2.75, 3.05) is 0 Å². The maximum atomic E-state index is 12.2. The fourth-order valence-electron chi connectivity index (χ4n) is 2.10. The Labute approximate surface area is 137 Å². The summed E-state index contributed by atoms with van der Waals surface area (Å²) in [5, 5.41) is 4.03. The van der Waals surface area contributed by atoms with Crippen molar-refractivity contribution in [3.63, 3.8) is 0 Å². The van der Waals surface area contributed by atoms with Gasteiger partial charge in [-0.05, 0) is 44.4 Å². The minimum absolute atomic E-state index is 0.0195. The number of carbonyl (C=O) groups excluding carboxylic acids is 1. The SMILES string of the molecule is CC(N)CCCC(C)C(=O)NC(C)c1ccc(Cl)c(Cl)c1. The van der Waals surface area contributed by atoms with Gasteiger partial charge in [-0.25, -0.2) is 0 Å². The average molecular weight is 331 g/mol. The van der Waals surface area contributed by atoms with Crippen molar-refractivity contribution in [3.05, 3.63) is 33.8 Å². The van der Waals surface area contributed by atoms with Crippen LogP contribution in [0.4, 0.5) is 0 Å². The molecular weight excluding hydrogens is 307 g/mol. The fraction of sp³-hybridized carbons (Fsp3) is 0.562. The highest BCUT2D eigenvalue weighted by molar-refractivity contribution is 6.42. The van der Waals surface area contributed by atoms with Crippen LogP contribution in [0.25, 0.3) is 0 Å². The van der Waals surface area contributed by atoms with Gasteiger partial charge in [-0.1, -0.05) is 42.6 Å². The molecule has 0 aliphatic heterocycles. The minimum Gasteiger partial charge on any atom is -0.349 e. The Bertz CT molecular complexity index is 477. The molecule has 0 aliphatic rings. The van der Waals surface area contributed by atoms with E-state index in [4.69, 9.17) is 28.9 Å². The quantitative estimate of drug-likeness (QED) is 0.781. The molecule has 0 saturated carbocycles. The molecule has 0 aliphatic carbocycles. The summed E-state index contributed by atoms with van der Waals surface area (Å²) in [7, 11) is 0. The van der Waals surface area contributed by atoms with Crippen LogP contribution in [0.5, 0.6) is 0 Å². The highest BCUT2D eigenvalue weighted by Gasteiger charge is 2.16. The monoisotopic (exact) mass is 330 g/mol. The van der Waals surface area contributed by atoms with Crippen LogP contribution in [0.2, 0.25) is 10.0 Å². The van der Waals surface area contributed by atoms with Crippen molar-refractivity contribution in [3.8, 4) is 0 Å². The largest absolute Gasteiger partial charge is 0.349 e. The summed E-state index contributed by atoms with van der Waals surface area (Å²) >= 11 is 11.9. The number of carbonyl (C=O) groups is 1. The van der Waals surface area contributed by atoms with E-state index in [9.17, 15) is 4.79 Å². The Morgan fingerprint density at radius 1 is 1.19 bits per heavy atom. The molecule has 1 aromatic rings. The van der Waals surface area contributed by atoms with Crippen LogP contribution in [0.1, 0.15) is 51.6 Å². The van der Waals surface area contributed by atoms with Crippen molar-refractivity contribution in [1.82, 2.24) is 5.32 Å². The maximum absolute atomic E-state index is 12.2. The van der Waals surface area contributed by atoms with E-state index in [1.54, 1.807) is 12.1 Å². The van der Waals surface area contributed by atoms with Crippen molar-refractivity contribution in [2.24, 2.45) is 11.7 Å². The van der Waals surface area contributed by atoms with Crippen LogP contribution >= 0.6 is 23.2 Å². The first kappa shape index (κ1) is 18.3. The molecule has 0 saturated heterocycles. The van der Waals surface area contributed by atoms with Gasteiger partial charge in [0, 0.05) is 12.0 Å². The second kappa shape index (κ2) is 8.62. The van der Waals surface area contributed by atoms with Crippen LogP contribution in [-0.2, 0) is 4.79 Å². The molecule has 0 spiro atoms. The first-order chi connectivity index (χ1) is 9.81. The van der Waals surface area contributed by atoms with Crippen molar-refractivity contribution in [2.45, 2.75) is 52.1 Å². The summed E-state index contributed by atoms with van der Waals surface area (Å²) in [4.78, 5) is 12.2. The van der Waals surface area contributed by atoms with Gasteiger partial charge in [0.25, 0.3) is 0 Å². The second-order valence-corrected chi connectivity index (χ2v) is 6.53. The number of rotatable bonds is 7. The van der Waals surface area contributed by atoms with Gasteiger partial charge in [0.05, 0.1) is 16.1 Å². The number of amides is 1. The summed E-state index contributed by atoms with van der Waals surface area (Å²) in [5.74, 6) is 0.0345. The Morgan fingerprint density at radius 3 is 2.43 bits per heavy atom. The molecule has 3 N–H and O–H groups in total. The zero-order valence-electron chi connectivity index (χ0n) is 12.8. The molecule has 1 aromatic carbocycles. The summed E-state index contributed by atoms with van der Waals surface area (Å²) in [6.07, 6.45) is 2.76. The van der Waals surface area contributed by atoms with E-state index >= 15 is 0 Å². The lowest BCUT2D eigenvalue weighted by Gasteiger charge is -2.18. The number of nitrogens with one attached hydrogen (secondary N) is 1. The molecule has 21 heavy (non-hydrogen) atoms. The Balaban J connectivity index is 2.51. The molecule has 3 atom stereocenters. The third-order valence-corrected chi connectivity index (χ3v) is 4.29. The number of hydrogen-bond donors (Lipinski definition) is 2. The highest BCUT2D eigenvalue weighted by atomic mass is 35.5. The molecule has 0 heterocycles. The van der Waals surface area contributed by atoms with E-state index in [1.807, 2.05) is 26.8 Å². The Hall–Kier alpha value is -0.770. The van der Waals surface area contributed by atoms with Crippen LogP contribution in [0.3, 0.4) is 0 Å². The lowest BCUT2D eigenvalue weighted by molar-refractivity contribution is -0.125. The molecule has 0 aromatic heterocycles. The second-order valence-electron chi connectivity index (χ2n) is 5.71. The van der Waals surface area contributed by atoms with E-state index in [1.165, 1.54) is 0 Å². The summed E-state index contributed by atoms with van der Waals surface area (Å²) in [6.45, 7) is 5.86. The average Bonchev–Trinajstić information content (AvgIpc) is 2.41. The standard InChI is InChI=1S/C16H24Cl2N2O/c1-10(5-4-6-11(2)19)16(21)20-12(3)13-7-8-14(17)15(18)9-13/h7-12H,4-6,19H2,1-3H3,(H,20,21). The van der Waals surface area contributed by atoms with E-state index in [0.717, 1.165) is 24.8 Å². The fourth-order valence-corrected chi connectivity index (χ4v) is 2.40. The summed E-state index contributed by atoms with van der Waals surface area (Å²) < 4.78 is 0. The molecule has 3 unspecified atom stereocenters. The molecular formula is C16H24Cl2N2O. The van der Waals surface area contributed by atoms with Crippen LogP contribution in [0, 0.1) is 5.92 Å². The predicted octanol–water partition coefficient (Wildman–Crippen LogP) is 4.32. The normalized spacial score (nSPS) is 15.3. The zero-order valence-corrected chi connectivity index (χ0v) is 14.3. The number of benzene rings is 1. The van der Waals surface area contributed by atoms with Gasteiger partial charge in [0.15, 0.2) is 0 Å². The van der Waals surface area contributed by atoms with Gasteiger partial charge in [0.2, 0.25) is 5.91 Å². The van der Waals surface area contributed by atoms with Crippen molar-refractivity contribution in [1.29, 1.82) is 0 Å². The number of halogens is 2. The van der Waals surface area contributed by atoms with E-state index in [-0.39, 0.29) is 23.9 Å². The van der Waals surface area contributed by atoms with Gasteiger partial charge < -0.3 is 11.1 Å². The molecule has 5 heteroatoms. The molecule has 0 fully saturated rings. The van der Waals surface area contributed by atoms with Gasteiger partial charge >= 0.3 is 0 Å². The van der Waals surface area contributed by atoms with Gasteiger partial charge in [-0.2, -0.15) is 0 Å². The van der Waals surface area contributed by atoms with Crippen LogP contribution < -0.4 is 11.1 Å². The predicted molar refractivity (Wildman–Crippen MR) is 89.7 cm³/mol. The molecule has 118 valence electrons. The Morgan fingerprint density at radius 2 is 1.86 bits per heavy atom. The van der Waals surface area contributed by atoms with Gasteiger partial charge in [-0.3, -0.25) is 4.79 Å². The van der Waals surface area contributed by atoms with E-state index < -0.39 is 0 Å². The number of hydrogen-bond acceptors (Lipinski definition) is 2. The highest BCUT2D eigenvalue weighted by Crippen LogP contribution is 2.25. The van der Waals surface area contributed by atoms with Gasteiger partial charge in [0.1, 0.15) is 0 Å². The maximum Gasteiger partial charge on any atom is 0.223 e. The lowest BCUT2D eigenvalue weighted by atomic mass is 10.0. The molecule has 1 rings (SSSR count). The third kappa shape index (κ3) is 6.25. The summed E-state index contributed by atoms with van der Waals surface area (Å²) in [6, 6.07) is 5.50. The van der Waals surface area contributed by atoms with Crippen molar-refractivity contribution >= 4 is 29.1 Å². The molecule has 0 bridgehead atoms. The molecule has 1 amide bonds. The van der Waals surface area contributed by atoms with Crippen LogP contribution in [-0.4, -0.2) is 11.9 Å². The van der Waals surface area contributed by atoms with Crippen LogP contribution in [0.15, 0.2) is 18.2 Å². The molecule has 3 nitrogen and oxygen atoms in total. The number of nitrogens with two attached hydrogens (primary N) is 1. The van der Waals surface area contributed by atoms with Crippen molar-refractivity contribution < 1.29 is 4.79 Å². The third-order valence-electron chi connectivity index (χ3n) is 3.55. The van der Waals surface area contributed by atoms with E-state index in [0.29, 0.717) is 10.0 Å². The topological polar surface area (TPSA) is 55.1 Å². The molecule has 0 radical (unpaired) electrons. The first-order valence-corrected chi connectivity index (χ1v) is 8.07. The summed E-state index contributed by atoms with van der Waals surface area (Å²) in [5.41, 5.74) is 6.66. The zero-order chi connectivity index (χ0) is 16.0. The lowest BCUT2D eigenvalue weighted by Crippen LogP contribution is -2.31.